The van der Waals surface area contributed by atoms with Crippen molar-refractivity contribution in [2.75, 3.05) is 6.61 Å². The van der Waals surface area contributed by atoms with Crippen LogP contribution >= 0.6 is 0 Å². The van der Waals surface area contributed by atoms with Crippen LogP contribution in [-0.2, 0) is 38.1 Å². The Kier molecular flexibility index (Phi) is 12.2. The fraction of sp³-hybridized carbons (Fsp3) is 0.800. The first-order valence-electron chi connectivity index (χ1n) is 16.1. The Morgan fingerprint density at radius 1 is 0.541 bits per heavy atom. The Balaban J connectivity index is 2.19. The molecule has 0 aromatic heterocycles. The molecule has 31 heteroatoms. The SMILES string of the molecule is C=C(C)C(=O)OCC(=O)OC12CC3CC(C1)C(OC(=O)C(F)(F)C(F)(F)C(F)(F)C(F)(F)C(C)(F)F)(OC(=O)C(F)(F)C(F)(F)C(F)(F)C(F)(F)C(F)(F)C(F)(F)F)C(C3)C2. The van der Waals surface area contributed by atoms with Crippen molar-refractivity contribution in [3.8, 4) is 0 Å². The molecule has 0 aliphatic heterocycles. The molecule has 8 nitrogen and oxygen atoms in total. The second-order valence-corrected chi connectivity index (χ2v) is 14.4. The summed E-state index contributed by atoms with van der Waals surface area (Å²) >= 11 is 0. The highest BCUT2D eigenvalue weighted by molar-refractivity contribution is 5.88. The van der Waals surface area contributed by atoms with Crippen LogP contribution in [0.1, 0.15) is 46.0 Å². The zero-order valence-corrected chi connectivity index (χ0v) is 29.6. The third-order valence-corrected chi connectivity index (χ3v) is 9.96. The van der Waals surface area contributed by atoms with Crippen LogP contribution in [0.25, 0.3) is 0 Å². The standard InChI is InChI=1S/C30H23F23O8/c1-10(2)15(55)58-9-14(54)59-19-6-11-4-12(7-19)20(13(5-11)8-19,60-16(56)21(33,34)24(39,40)26(43,44)23(37,38)18(3,31)32)61-17(57)22(35,36)25(41,42)27(45,46)28(47,48)29(49,50)30(51,52)53/h11-13H,1,4-9H2,2-3H3. The Bertz CT molecular complexity index is 1770. The summed E-state index contributed by atoms with van der Waals surface area (Å²) in [5.41, 5.74) is -2.58. The summed E-state index contributed by atoms with van der Waals surface area (Å²) < 4.78 is 338. The van der Waals surface area contributed by atoms with E-state index >= 15 is 0 Å². The van der Waals surface area contributed by atoms with Crippen molar-refractivity contribution in [1.29, 1.82) is 0 Å². The van der Waals surface area contributed by atoms with E-state index in [9.17, 15) is 120 Å². The van der Waals surface area contributed by atoms with E-state index in [1.807, 2.05) is 0 Å². The van der Waals surface area contributed by atoms with E-state index in [4.69, 9.17) is 4.74 Å². The van der Waals surface area contributed by atoms with E-state index in [1.54, 1.807) is 0 Å². The van der Waals surface area contributed by atoms with Gasteiger partial charge in [0.15, 0.2) is 6.61 Å². The normalized spacial score (nSPS) is 25.8. The Morgan fingerprint density at radius 2 is 0.902 bits per heavy atom. The van der Waals surface area contributed by atoms with Crippen LogP contribution in [-0.4, -0.2) is 107 Å². The largest absolute Gasteiger partial charge is 0.460 e. The van der Waals surface area contributed by atoms with Gasteiger partial charge < -0.3 is 18.9 Å². The molecule has 0 aromatic carbocycles. The molecule has 0 heterocycles. The van der Waals surface area contributed by atoms with Crippen molar-refractivity contribution >= 4 is 23.9 Å². The van der Waals surface area contributed by atoms with E-state index in [0.29, 0.717) is 0 Å². The number of ether oxygens (including phenoxy) is 4. The molecule has 4 aliphatic carbocycles. The lowest BCUT2D eigenvalue weighted by Crippen LogP contribution is -2.73. The van der Waals surface area contributed by atoms with Gasteiger partial charge in [-0.2, -0.15) is 101 Å². The summed E-state index contributed by atoms with van der Waals surface area (Å²) in [6.07, 6.45) is -13.3. The van der Waals surface area contributed by atoms with Gasteiger partial charge in [0.1, 0.15) is 5.60 Å². The molecule has 4 rings (SSSR count). The fourth-order valence-electron chi connectivity index (χ4n) is 6.97. The fourth-order valence-corrected chi connectivity index (χ4v) is 6.97. The van der Waals surface area contributed by atoms with Gasteiger partial charge in [-0.15, -0.1) is 0 Å². The van der Waals surface area contributed by atoms with Gasteiger partial charge in [-0.05, 0) is 44.9 Å². The molecule has 4 aliphatic rings. The summed E-state index contributed by atoms with van der Waals surface area (Å²) in [5.74, 6) is -103. The van der Waals surface area contributed by atoms with Gasteiger partial charge in [0.25, 0.3) is 5.79 Å². The monoisotopic (exact) mass is 948 g/mol. The molecule has 0 radical (unpaired) electrons. The maximum Gasteiger partial charge on any atom is 0.460 e. The van der Waals surface area contributed by atoms with Crippen molar-refractivity contribution in [3.63, 3.8) is 0 Å². The zero-order valence-electron chi connectivity index (χ0n) is 29.6. The predicted molar refractivity (Wildman–Crippen MR) is 144 cm³/mol. The Labute approximate surface area is 323 Å². The lowest BCUT2D eigenvalue weighted by molar-refractivity contribution is -0.438. The number of carbonyl (C=O) groups is 4. The number of carbonyl (C=O) groups excluding carboxylic acids is 4. The van der Waals surface area contributed by atoms with Gasteiger partial charge in [-0.1, -0.05) is 6.58 Å². The van der Waals surface area contributed by atoms with Crippen LogP contribution in [0.2, 0.25) is 0 Å². The number of rotatable bonds is 16. The second-order valence-electron chi connectivity index (χ2n) is 14.4. The maximum atomic E-state index is 15.0. The van der Waals surface area contributed by atoms with Gasteiger partial charge in [-0.25, -0.2) is 19.2 Å². The summed E-state index contributed by atoms with van der Waals surface area (Å²) in [6, 6.07) is 0. The van der Waals surface area contributed by atoms with E-state index in [1.165, 1.54) is 0 Å². The van der Waals surface area contributed by atoms with Crippen LogP contribution in [0.5, 0.6) is 0 Å². The topological polar surface area (TPSA) is 105 Å². The molecule has 4 fully saturated rings. The van der Waals surface area contributed by atoms with Gasteiger partial charge in [0, 0.05) is 24.3 Å². The Morgan fingerprint density at radius 3 is 1.25 bits per heavy atom. The Hall–Kier alpha value is -3.99. The number of hydrogen-bond acceptors (Lipinski definition) is 8. The van der Waals surface area contributed by atoms with E-state index in [0.717, 1.165) is 6.92 Å². The molecule has 0 aromatic rings. The van der Waals surface area contributed by atoms with Crippen LogP contribution < -0.4 is 0 Å². The molecular formula is C30H23F23O8. The summed E-state index contributed by atoms with van der Waals surface area (Å²) in [6.45, 7) is 1.66. The van der Waals surface area contributed by atoms with Crippen molar-refractivity contribution in [3.05, 3.63) is 12.2 Å². The first kappa shape index (κ1) is 51.4. The van der Waals surface area contributed by atoms with Crippen LogP contribution in [0.15, 0.2) is 12.2 Å². The first-order chi connectivity index (χ1) is 26.7. The summed E-state index contributed by atoms with van der Waals surface area (Å²) in [7, 11) is 0. The minimum atomic E-state index is -8.73. The quantitative estimate of drug-likeness (QED) is 0.0497. The lowest BCUT2D eigenvalue weighted by Gasteiger charge is -2.62. The highest BCUT2D eigenvalue weighted by Gasteiger charge is 2.93. The summed E-state index contributed by atoms with van der Waals surface area (Å²) in [5, 5.41) is 0. The van der Waals surface area contributed by atoms with E-state index in [-0.39, 0.29) is 5.57 Å². The zero-order chi connectivity index (χ0) is 48.2. The molecule has 2 atom stereocenters. The third-order valence-electron chi connectivity index (χ3n) is 9.96. The van der Waals surface area contributed by atoms with Gasteiger partial charge in [-0.3, -0.25) is 0 Å². The molecular weight excluding hydrogens is 925 g/mol. The van der Waals surface area contributed by atoms with Gasteiger partial charge in [0.2, 0.25) is 0 Å². The minimum absolute atomic E-state index is 0.332. The average molecular weight is 948 g/mol. The predicted octanol–water partition coefficient (Wildman–Crippen LogP) is 8.95. The number of halogens is 23. The molecule has 4 saturated carbocycles. The van der Waals surface area contributed by atoms with Crippen LogP contribution in [0.3, 0.4) is 0 Å². The molecule has 0 N–H and O–H groups in total. The number of alkyl halides is 23. The maximum absolute atomic E-state index is 15.0. The van der Waals surface area contributed by atoms with Crippen molar-refractivity contribution in [2.24, 2.45) is 17.8 Å². The number of esters is 4. The van der Waals surface area contributed by atoms with Crippen molar-refractivity contribution < 1.29 is 139 Å². The molecule has 352 valence electrons. The molecule has 0 spiro atoms. The molecule has 0 saturated heterocycles. The van der Waals surface area contributed by atoms with E-state index < -0.39 is 164 Å². The number of hydrogen-bond donors (Lipinski definition) is 0. The van der Waals surface area contributed by atoms with Crippen molar-refractivity contribution in [1.82, 2.24) is 0 Å². The highest BCUT2D eigenvalue weighted by Crippen LogP contribution is 2.66. The second kappa shape index (κ2) is 14.5. The average Bonchev–Trinajstić information content (AvgIpc) is 3.07. The smallest absolute Gasteiger partial charge is 0.457 e. The van der Waals surface area contributed by atoms with E-state index in [2.05, 4.69) is 20.8 Å². The highest BCUT2D eigenvalue weighted by atomic mass is 19.4. The minimum Gasteiger partial charge on any atom is -0.457 e. The molecule has 2 unspecified atom stereocenters. The molecule has 4 bridgehead atoms. The first-order valence-corrected chi connectivity index (χ1v) is 16.1. The van der Waals surface area contributed by atoms with Crippen LogP contribution in [0.4, 0.5) is 101 Å². The van der Waals surface area contributed by atoms with Crippen LogP contribution in [0, 0.1) is 17.8 Å². The summed E-state index contributed by atoms with van der Waals surface area (Å²) in [4.78, 5) is 49.4. The molecule has 0 amide bonds. The van der Waals surface area contributed by atoms with Gasteiger partial charge >= 0.3 is 89.3 Å². The van der Waals surface area contributed by atoms with Crippen molar-refractivity contribution in [2.45, 2.75) is 123 Å². The molecule has 61 heavy (non-hydrogen) atoms. The lowest BCUT2D eigenvalue weighted by atomic mass is 9.51. The van der Waals surface area contributed by atoms with Gasteiger partial charge in [0.05, 0.1) is 0 Å². The third kappa shape index (κ3) is 7.46.